The molecule has 19 heavy (non-hydrogen) atoms. The summed E-state index contributed by atoms with van der Waals surface area (Å²) in [6.07, 6.45) is 0. The van der Waals surface area contributed by atoms with E-state index in [9.17, 15) is 0 Å². The zero-order chi connectivity index (χ0) is 13.8. The van der Waals surface area contributed by atoms with Gasteiger partial charge in [0.1, 0.15) is 0 Å². The number of rotatable bonds is 4. The fourth-order valence-electron chi connectivity index (χ4n) is 2.72. The molecule has 2 rings (SSSR count). The lowest BCUT2D eigenvalue weighted by atomic mass is 10.1. The van der Waals surface area contributed by atoms with Gasteiger partial charge >= 0.3 is 0 Å². The summed E-state index contributed by atoms with van der Waals surface area (Å²) in [7, 11) is 0. The molecule has 0 spiro atoms. The lowest BCUT2D eigenvalue weighted by Gasteiger charge is -2.35. The van der Waals surface area contributed by atoms with Gasteiger partial charge in [0.25, 0.3) is 0 Å². The molecule has 0 aliphatic carbocycles. The van der Waals surface area contributed by atoms with Gasteiger partial charge in [-0.1, -0.05) is 48.0 Å². The van der Waals surface area contributed by atoms with E-state index in [2.05, 4.69) is 64.7 Å². The second-order valence-corrected chi connectivity index (χ2v) is 6.81. The average Bonchev–Trinajstić information content (AvgIpc) is 2.37. The van der Waals surface area contributed by atoms with Gasteiger partial charge in [-0.05, 0) is 24.0 Å². The molecule has 1 saturated heterocycles. The highest BCUT2D eigenvalue weighted by molar-refractivity contribution is 9.10. The quantitative estimate of drug-likeness (QED) is 0.836. The van der Waals surface area contributed by atoms with E-state index < -0.39 is 0 Å². The van der Waals surface area contributed by atoms with Crippen molar-refractivity contribution in [3.05, 3.63) is 33.8 Å². The van der Waals surface area contributed by atoms with E-state index >= 15 is 0 Å². The van der Waals surface area contributed by atoms with Crippen molar-refractivity contribution in [1.82, 2.24) is 9.80 Å². The summed E-state index contributed by atoms with van der Waals surface area (Å²) < 4.78 is 1.28. The molecule has 0 atom stereocenters. The van der Waals surface area contributed by atoms with Crippen LogP contribution >= 0.6 is 15.9 Å². The zero-order valence-corrected chi connectivity index (χ0v) is 13.9. The van der Waals surface area contributed by atoms with Crippen LogP contribution in [0.25, 0.3) is 0 Å². The molecular formula is C16H25BrN2. The summed E-state index contributed by atoms with van der Waals surface area (Å²) in [5.74, 6) is 0.775. The zero-order valence-electron chi connectivity index (χ0n) is 12.3. The van der Waals surface area contributed by atoms with Crippen molar-refractivity contribution in [2.75, 3.05) is 32.7 Å². The van der Waals surface area contributed by atoms with Crippen molar-refractivity contribution >= 4 is 15.9 Å². The van der Waals surface area contributed by atoms with Crippen LogP contribution in [0.15, 0.2) is 22.7 Å². The average molecular weight is 325 g/mol. The predicted molar refractivity (Wildman–Crippen MR) is 85.4 cm³/mol. The Bertz CT molecular complexity index is 409. The fraction of sp³-hybridized carbons (Fsp3) is 0.625. The molecule has 0 aromatic heterocycles. The number of aryl methyl sites for hydroxylation is 1. The first-order valence-electron chi connectivity index (χ1n) is 7.25. The molecule has 1 aromatic rings. The molecular weight excluding hydrogens is 300 g/mol. The van der Waals surface area contributed by atoms with Crippen LogP contribution in [0.5, 0.6) is 0 Å². The Morgan fingerprint density at radius 1 is 1.11 bits per heavy atom. The number of hydrogen-bond donors (Lipinski definition) is 0. The molecule has 1 aliphatic rings. The number of hydrogen-bond acceptors (Lipinski definition) is 2. The fourth-order valence-corrected chi connectivity index (χ4v) is 3.11. The molecule has 1 heterocycles. The van der Waals surface area contributed by atoms with Gasteiger partial charge in [-0.25, -0.2) is 0 Å². The van der Waals surface area contributed by atoms with Gasteiger partial charge in [-0.2, -0.15) is 0 Å². The van der Waals surface area contributed by atoms with Crippen LogP contribution < -0.4 is 0 Å². The Labute approximate surface area is 125 Å². The first kappa shape index (κ1) is 15.0. The third-order valence-corrected chi connectivity index (χ3v) is 4.89. The Balaban J connectivity index is 1.87. The molecule has 0 unspecified atom stereocenters. The summed E-state index contributed by atoms with van der Waals surface area (Å²) in [6, 6.07) is 6.55. The molecule has 1 aliphatic heterocycles. The van der Waals surface area contributed by atoms with Gasteiger partial charge in [0.15, 0.2) is 0 Å². The molecule has 0 amide bonds. The van der Waals surface area contributed by atoms with E-state index in [1.54, 1.807) is 0 Å². The molecule has 2 nitrogen and oxygen atoms in total. The van der Waals surface area contributed by atoms with Gasteiger partial charge in [0.05, 0.1) is 0 Å². The number of nitrogens with zero attached hydrogens (tertiary/aromatic N) is 2. The molecule has 1 aromatic carbocycles. The number of halogens is 1. The van der Waals surface area contributed by atoms with Crippen LogP contribution in [0.1, 0.15) is 25.0 Å². The minimum absolute atomic E-state index is 0.775. The van der Waals surface area contributed by atoms with Gasteiger partial charge in [-0.15, -0.1) is 0 Å². The lowest BCUT2D eigenvalue weighted by Crippen LogP contribution is -2.46. The number of piperazine rings is 1. The van der Waals surface area contributed by atoms with Crippen LogP contribution in [0, 0.1) is 12.8 Å². The Morgan fingerprint density at radius 3 is 2.37 bits per heavy atom. The largest absolute Gasteiger partial charge is 0.301 e. The molecule has 0 bridgehead atoms. The van der Waals surface area contributed by atoms with Crippen LogP contribution in [-0.2, 0) is 6.54 Å². The summed E-state index contributed by atoms with van der Waals surface area (Å²) in [5, 5.41) is 0. The maximum atomic E-state index is 3.71. The van der Waals surface area contributed by atoms with E-state index in [1.165, 1.54) is 48.3 Å². The van der Waals surface area contributed by atoms with Crippen molar-refractivity contribution in [1.29, 1.82) is 0 Å². The van der Waals surface area contributed by atoms with Gasteiger partial charge in [-0.3, -0.25) is 4.90 Å². The normalized spacial score (nSPS) is 18.2. The molecule has 0 N–H and O–H groups in total. The molecule has 0 saturated carbocycles. The van der Waals surface area contributed by atoms with Crippen LogP contribution in [0.3, 0.4) is 0 Å². The molecule has 0 radical (unpaired) electrons. The Kier molecular flexibility index (Phi) is 5.43. The molecule has 1 fully saturated rings. The highest BCUT2D eigenvalue weighted by atomic mass is 79.9. The van der Waals surface area contributed by atoms with Crippen molar-refractivity contribution in [2.45, 2.75) is 27.3 Å². The van der Waals surface area contributed by atoms with E-state index in [0.717, 1.165) is 12.5 Å². The highest BCUT2D eigenvalue weighted by Crippen LogP contribution is 2.22. The van der Waals surface area contributed by atoms with E-state index in [-0.39, 0.29) is 0 Å². The molecule has 106 valence electrons. The van der Waals surface area contributed by atoms with Crippen LogP contribution in [0.4, 0.5) is 0 Å². The van der Waals surface area contributed by atoms with Gasteiger partial charge in [0.2, 0.25) is 0 Å². The van der Waals surface area contributed by atoms with Gasteiger partial charge in [0, 0.05) is 43.7 Å². The minimum Gasteiger partial charge on any atom is -0.301 e. The standard InChI is InChI=1S/C16H25BrN2/c1-13(2)11-18-7-9-19(10-8-18)12-15-6-4-5-14(3)16(15)17/h4-6,13H,7-12H2,1-3H3. The lowest BCUT2D eigenvalue weighted by molar-refractivity contribution is 0.117. The van der Waals surface area contributed by atoms with Crippen LogP contribution in [-0.4, -0.2) is 42.5 Å². The van der Waals surface area contributed by atoms with Crippen molar-refractivity contribution in [2.24, 2.45) is 5.92 Å². The first-order chi connectivity index (χ1) is 9.06. The van der Waals surface area contributed by atoms with Crippen molar-refractivity contribution < 1.29 is 0 Å². The Morgan fingerprint density at radius 2 is 1.74 bits per heavy atom. The van der Waals surface area contributed by atoms with E-state index in [1.807, 2.05) is 0 Å². The van der Waals surface area contributed by atoms with E-state index in [0.29, 0.717) is 0 Å². The smallest absolute Gasteiger partial charge is 0.0249 e. The highest BCUT2D eigenvalue weighted by Gasteiger charge is 2.18. The predicted octanol–water partition coefficient (Wildman–Crippen LogP) is 3.53. The second kappa shape index (κ2) is 6.87. The number of benzene rings is 1. The van der Waals surface area contributed by atoms with Crippen LogP contribution in [0.2, 0.25) is 0 Å². The molecule has 3 heteroatoms. The third kappa shape index (κ3) is 4.30. The third-order valence-electron chi connectivity index (χ3n) is 3.75. The maximum absolute atomic E-state index is 3.71. The summed E-state index contributed by atoms with van der Waals surface area (Å²) >= 11 is 3.71. The summed E-state index contributed by atoms with van der Waals surface area (Å²) in [6.45, 7) is 13.9. The summed E-state index contributed by atoms with van der Waals surface area (Å²) in [4.78, 5) is 5.16. The van der Waals surface area contributed by atoms with Gasteiger partial charge < -0.3 is 4.90 Å². The first-order valence-corrected chi connectivity index (χ1v) is 8.04. The van der Waals surface area contributed by atoms with E-state index in [4.69, 9.17) is 0 Å². The topological polar surface area (TPSA) is 6.48 Å². The second-order valence-electron chi connectivity index (χ2n) is 6.02. The van der Waals surface area contributed by atoms with Crippen molar-refractivity contribution in [3.63, 3.8) is 0 Å². The minimum atomic E-state index is 0.775. The Hall–Kier alpha value is -0.380. The SMILES string of the molecule is Cc1cccc(CN2CCN(CC(C)C)CC2)c1Br. The maximum Gasteiger partial charge on any atom is 0.0249 e. The monoisotopic (exact) mass is 324 g/mol. The summed E-state index contributed by atoms with van der Waals surface area (Å²) in [5.41, 5.74) is 2.74. The van der Waals surface area contributed by atoms with Crippen molar-refractivity contribution in [3.8, 4) is 0 Å².